The minimum absolute atomic E-state index is 0. The van der Waals surface area contributed by atoms with Crippen molar-refractivity contribution in [1.29, 1.82) is 0 Å². The van der Waals surface area contributed by atoms with E-state index in [0.717, 1.165) is 13.1 Å². The number of ether oxygens (including phenoxy) is 1. The molecule has 2 atom stereocenters. The van der Waals surface area contributed by atoms with Crippen LogP contribution in [0.1, 0.15) is 6.92 Å². The summed E-state index contributed by atoms with van der Waals surface area (Å²) >= 11 is 0. The number of fused-ring (bicyclic) bond motifs is 1. The van der Waals surface area contributed by atoms with E-state index in [1.54, 1.807) is 0 Å². The molecular weight excluding hydrogens is 206 g/mol. The minimum atomic E-state index is -0.689. The topological polar surface area (TPSA) is 49.8 Å². The number of carboxylic acids is 1. The molecule has 2 fully saturated rings. The highest BCUT2D eigenvalue weighted by Crippen LogP contribution is 2.41. The Morgan fingerprint density at radius 3 is 2.93 bits per heavy atom. The first-order valence-electron chi connectivity index (χ1n) is 4.72. The van der Waals surface area contributed by atoms with Gasteiger partial charge in [0.2, 0.25) is 0 Å². The van der Waals surface area contributed by atoms with Crippen LogP contribution in [0.2, 0.25) is 0 Å². The fourth-order valence-electron chi connectivity index (χ4n) is 2.38. The van der Waals surface area contributed by atoms with Crippen LogP contribution in [0.3, 0.4) is 0 Å². The van der Waals surface area contributed by atoms with Gasteiger partial charge in [-0.25, -0.2) is 0 Å². The fraction of sp³-hybridized carbons (Fsp3) is 0.889. The molecule has 0 aromatic rings. The number of hydrogen-bond donors (Lipinski definition) is 1. The average molecular weight is 222 g/mol. The normalized spacial score (nSPS) is 36.5. The Kier molecular flexibility index (Phi) is 3.40. The van der Waals surface area contributed by atoms with Crippen molar-refractivity contribution in [2.24, 2.45) is 11.3 Å². The first-order valence-corrected chi connectivity index (χ1v) is 4.72. The van der Waals surface area contributed by atoms with Gasteiger partial charge in [0.1, 0.15) is 5.41 Å². The predicted octanol–water partition coefficient (Wildman–Crippen LogP) is 0.461. The summed E-state index contributed by atoms with van der Waals surface area (Å²) in [5, 5.41) is 9.18. The Morgan fingerprint density at radius 2 is 2.43 bits per heavy atom. The van der Waals surface area contributed by atoms with Gasteiger partial charge in [0.25, 0.3) is 0 Å². The van der Waals surface area contributed by atoms with Crippen molar-refractivity contribution in [2.45, 2.75) is 6.92 Å². The van der Waals surface area contributed by atoms with Crippen molar-refractivity contribution in [3.05, 3.63) is 0 Å². The van der Waals surface area contributed by atoms with E-state index in [-0.39, 0.29) is 18.3 Å². The van der Waals surface area contributed by atoms with Crippen LogP contribution in [-0.4, -0.2) is 48.8 Å². The maximum Gasteiger partial charge on any atom is 0.313 e. The highest BCUT2D eigenvalue weighted by atomic mass is 35.5. The first kappa shape index (κ1) is 11.8. The van der Waals surface area contributed by atoms with Crippen LogP contribution in [-0.2, 0) is 9.53 Å². The van der Waals surface area contributed by atoms with E-state index in [4.69, 9.17) is 4.74 Å². The number of likely N-dealkylation sites (tertiary alicyclic amines) is 1. The van der Waals surface area contributed by atoms with Crippen molar-refractivity contribution in [3.63, 3.8) is 0 Å². The maximum absolute atomic E-state index is 11.2. The molecule has 0 aromatic carbocycles. The summed E-state index contributed by atoms with van der Waals surface area (Å²) in [5.74, 6) is -0.490. The van der Waals surface area contributed by atoms with Gasteiger partial charge in [-0.2, -0.15) is 0 Å². The van der Waals surface area contributed by atoms with Gasteiger partial charge < -0.3 is 14.7 Å². The molecular formula is C9H16ClNO3. The van der Waals surface area contributed by atoms with Crippen LogP contribution in [0.15, 0.2) is 0 Å². The van der Waals surface area contributed by atoms with E-state index in [0.29, 0.717) is 19.8 Å². The molecule has 2 saturated heterocycles. The zero-order valence-electron chi connectivity index (χ0n) is 8.23. The molecule has 1 N–H and O–H groups in total. The molecule has 0 unspecified atom stereocenters. The lowest BCUT2D eigenvalue weighted by atomic mass is 9.81. The van der Waals surface area contributed by atoms with Gasteiger partial charge in [-0.1, -0.05) is 6.92 Å². The summed E-state index contributed by atoms with van der Waals surface area (Å²) in [5.41, 5.74) is -0.601. The number of rotatable bonds is 2. The molecule has 82 valence electrons. The van der Waals surface area contributed by atoms with Crippen molar-refractivity contribution in [3.8, 4) is 0 Å². The maximum atomic E-state index is 11.2. The summed E-state index contributed by atoms with van der Waals surface area (Å²) in [6, 6.07) is 0. The first-order chi connectivity index (χ1) is 6.19. The van der Waals surface area contributed by atoms with Crippen LogP contribution in [0.5, 0.6) is 0 Å². The molecule has 0 radical (unpaired) electrons. The van der Waals surface area contributed by atoms with Crippen molar-refractivity contribution in [1.82, 2.24) is 4.90 Å². The van der Waals surface area contributed by atoms with Crippen molar-refractivity contribution in [2.75, 3.05) is 32.8 Å². The largest absolute Gasteiger partial charge is 0.481 e. The van der Waals surface area contributed by atoms with E-state index in [9.17, 15) is 9.90 Å². The smallest absolute Gasteiger partial charge is 0.313 e. The van der Waals surface area contributed by atoms with Crippen molar-refractivity contribution >= 4 is 18.4 Å². The third-order valence-corrected chi connectivity index (χ3v) is 3.32. The number of hydrogen-bond acceptors (Lipinski definition) is 3. The molecule has 0 amide bonds. The Balaban J connectivity index is 0.000000980. The van der Waals surface area contributed by atoms with Gasteiger partial charge in [0.05, 0.1) is 13.2 Å². The van der Waals surface area contributed by atoms with Crippen LogP contribution in [0.25, 0.3) is 0 Å². The molecule has 0 aromatic heterocycles. The monoisotopic (exact) mass is 221 g/mol. The van der Waals surface area contributed by atoms with Crippen LogP contribution >= 0.6 is 12.4 Å². The van der Waals surface area contributed by atoms with Gasteiger partial charge in [-0.3, -0.25) is 4.79 Å². The minimum Gasteiger partial charge on any atom is -0.481 e. The fourth-order valence-corrected chi connectivity index (χ4v) is 2.38. The summed E-state index contributed by atoms with van der Waals surface area (Å²) in [6.45, 7) is 5.54. The summed E-state index contributed by atoms with van der Waals surface area (Å²) in [7, 11) is 0. The zero-order chi connectivity index (χ0) is 9.47. The lowest BCUT2D eigenvalue weighted by molar-refractivity contribution is -0.149. The average Bonchev–Trinajstić information content (AvgIpc) is 2.58. The quantitative estimate of drug-likeness (QED) is 0.736. The third kappa shape index (κ3) is 1.51. The number of aliphatic carboxylic acids is 1. The van der Waals surface area contributed by atoms with Crippen molar-refractivity contribution < 1.29 is 14.6 Å². The molecule has 2 rings (SSSR count). The number of carbonyl (C=O) groups is 1. The SMILES string of the molecule is CCN1C[C@@H]2COC[C@]2(C(=O)O)C1.Cl. The molecule has 2 heterocycles. The molecule has 0 saturated carbocycles. The van der Waals surface area contributed by atoms with Gasteiger partial charge in [-0.15, -0.1) is 12.4 Å². The Hall–Kier alpha value is -0.320. The lowest BCUT2D eigenvalue weighted by Crippen LogP contribution is -2.38. The van der Waals surface area contributed by atoms with Gasteiger partial charge in [-0.05, 0) is 6.54 Å². The molecule has 0 aliphatic carbocycles. The Morgan fingerprint density at radius 1 is 1.71 bits per heavy atom. The number of nitrogens with zero attached hydrogens (tertiary/aromatic N) is 1. The van der Waals surface area contributed by atoms with E-state index >= 15 is 0 Å². The summed E-state index contributed by atoms with van der Waals surface area (Å²) in [4.78, 5) is 13.4. The van der Waals surface area contributed by atoms with Crippen LogP contribution < -0.4 is 0 Å². The van der Waals surface area contributed by atoms with E-state index in [2.05, 4.69) is 11.8 Å². The second-order valence-electron chi connectivity index (χ2n) is 4.00. The number of carboxylic acid groups (broad SMARTS) is 1. The van der Waals surface area contributed by atoms with Gasteiger partial charge in [0, 0.05) is 19.0 Å². The standard InChI is InChI=1S/C9H15NO3.ClH/c1-2-10-3-7-4-13-6-9(7,5-10)8(11)12;/h7H,2-6H2,1H3,(H,11,12);1H/t7-,9-;/m1./s1. The highest BCUT2D eigenvalue weighted by molar-refractivity contribution is 5.85. The Bertz CT molecular complexity index is 236. The van der Waals surface area contributed by atoms with Crippen LogP contribution in [0.4, 0.5) is 0 Å². The second kappa shape index (κ2) is 4.04. The number of halogens is 1. The molecule has 0 spiro atoms. The van der Waals surface area contributed by atoms with Gasteiger partial charge in [0.15, 0.2) is 0 Å². The highest BCUT2D eigenvalue weighted by Gasteiger charge is 2.55. The second-order valence-corrected chi connectivity index (χ2v) is 4.00. The molecule has 0 bridgehead atoms. The van der Waals surface area contributed by atoms with E-state index in [1.165, 1.54) is 0 Å². The lowest BCUT2D eigenvalue weighted by Gasteiger charge is -2.21. The molecule has 14 heavy (non-hydrogen) atoms. The van der Waals surface area contributed by atoms with Crippen LogP contribution in [0, 0.1) is 11.3 Å². The summed E-state index contributed by atoms with van der Waals surface area (Å²) < 4.78 is 5.26. The molecule has 4 nitrogen and oxygen atoms in total. The van der Waals surface area contributed by atoms with E-state index in [1.807, 2.05) is 0 Å². The third-order valence-electron chi connectivity index (χ3n) is 3.32. The van der Waals surface area contributed by atoms with E-state index < -0.39 is 11.4 Å². The predicted molar refractivity (Wildman–Crippen MR) is 53.7 cm³/mol. The molecule has 5 heteroatoms. The molecule has 2 aliphatic rings. The van der Waals surface area contributed by atoms with Gasteiger partial charge >= 0.3 is 5.97 Å². The summed E-state index contributed by atoms with van der Waals surface area (Å²) in [6.07, 6.45) is 0. The Labute approximate surface area is 89.6 Å². The zero-order valence-corrected chi connectivity index (χ0v) is 9.05. The molecule has 2 aliphatic heterocycles.